The van der Waals surface area contributed by atoms with E-state index in [1.54, 1.807) is 11.0 Å². The summed E-state index contributed by atoms with van der Waals surface area (Å²) < 4.78 is 0. The highest BCUT2D eigenvalue weighted by atomic mass is 16.2. The number of hydrogen-bond acceptors (Lipinski definition) is 4. The van der Waals surface area contributed by atoms with E-state index >= 15 is 0 Å². The van der Waals surface area contributed by atoms with Crippen molar-refractivity contribution in [2.45, 2.75) is 13.0 Å². The summed E-state index contributed by atoms with van der Waals surface area (Å²) in [7, 11) is 0. The maximum absolute atomic E-state index is 12.8. The third-order valence-electron chi connectivity index (χ3n) is 5.31. The molecule has 2 aromatic heterocycles. The lowest BCUT2D eigenvalue weighted by Crippen LogP contribution is -2.36. The lowest BCUT2D eigenvalue weighted by molar-refractivity contribution is 0.0728. The monoisotopic (exact) mass is 384 g/mol. The van der Waals surface area contributed by atoms with Gasteiger partial charge in [0.15, 0.2) is 0 Å². The molecule has 144 valence electrons. The molecule has 0 bridgehead atoms. The van der Waals surface area contributed by atoms with Crippen LogP contribution in [0.1, 0.15) is 21.7 Å². The van der Waals surface area contributed by atoms with Crippen molar-refractivity contribution in [1.29, 1.82) is 0 Å². The summed E-state index contributed by atoms with van der Waals surface area (Å²) in [6, 6.07) is 20.2. The van der Waals surface area contributed by atoms with Gasteiger partial charge in [-0.1, -0.05) is 54.6 Å². The molecule has 0 saturated heterocycles. The normalized spacial score (nSPS) is 13.3. The van der Waals surface area contributed by atoms with Crippen molar-refractivity contribution in [3.8, 4) is 22.4 Å². The van der Waals surface area contributed by atoms with Crippen LogP contribution in [0.4, 0.5) is 5.82 Å². The van der Waals surface area contributed by atoms with Gasteiger partial charge in [0.25, 0.3) is 5.91 Å². The number of aromatic amines is 2. The molecule has 5 rings (SSSR count). The summed E-state index contributed by atoms with van der Waals surface area (Å²) >= 11 is 0. The summed E-state index contributed by atoms with van der Waals surface area (Å²) in [5, 5.41) is 14.2. The van der Waals surface area contributed by atoms with E-state index < -0.39 is 0 Å². The van der Waals surface area contributed by atoms with Gasteiger partial charge in [0.1, 0.15) is 11.5 Å². The molecular formula is C22H20N6O. The number of hydrogen-bond donors (Lipinski definition) is 3. The fourth-order valence-corrected chi connectivity index (χ4v) is 3.78. The van der Waals surface area contributed by atoms with Crippen LogP contribution in [-0.2, 0) is 13.0 Å². The van der Waals surface area contributed by atoms with Crippen LogP contribution in [0.25, 0.3) is 22.4 Å². The first-order chi connectivity index (χ1) is 14.2. The maximum Gasteiger partial charge on any atom is 0.272 e. The smallest absolute Gasteiger partial charge is 0.272 e. The van der Waals surface area contributed by atoms with Crippen LogP contribution in [0.15, 0.2) is 60.7 Å². The summed E-state index contributed by atoms with van der Waals surface area (Å²) in [5.74, 6) is 0.208. The predicted molar refractivity (Wildman–Crippen MR) is 111 cm³/mol. The van der Waals surface area contributed by atoms with Crippen molar-refractivity contribution in [3.63, 3.8) is 0 Å². The maximum atomic E-state index is 12.8. The average molecular weight is 384 g/mol. The van der Waals surface area contributed by atoms with Gasteiger partial charge in [0.2, 0.25) is 0 Å². The van der Waals surface area contributed by atoms with Crippen LogP contribution in [0.3, 0.4) is 0 Å². The van der Waals surface area contributed by atoms with E-state index in [2.05, 4.69) is 56.8 Å². The molecule has 3 heterocycles. The van der Waals surface area contributed by atoms with E-state index in [1.165, 1.54) is 5.56 Å². The molecule has 4 N–H and O–H groups in total. The van der Waals surface area contributed by atoms with Crippen molar-refractivity contribution >= 4 is 11.7 Å². The van der Waals surface area contributed by atoms with Gasteiger partial charge in [-0.15, -0.1) is 0 Å². The van der Waals surface area contributed by atoms with Gasteiger partial charge in [0, 0.05) is 35.9 Å². The van der Waals surface area contributed by atoms with Gasteiger partial charge in [-0.3, -0.25) is 15.0 Å². The van der Waals surface area contributed by atoms with E-state index in [-0.39, 0.29) is 5.91 Å². The van der Waals surface area contributed by atoms with Gasteiger partial charge in [-0.05, 0) is 11.1 Å². The Morgan fingerprint density at radius 1 is 0.931 bits per heavy atom. The molecule has 4 aromatic rings. The number of nitrogens with two attached hydrogens (primary N) is 1. The van der Waals surface area contributed by atoms with Crippen molar-refractivity contribution < 1.29 is 4.79 Å². The molecular weight excluding hydrogens is 364 g/mol. The van der Waals surface area contributed by atoms with E-state index in [4.69, 9.17) is 5.73 Å². The number of anilines is 1. The zero-order valence-corrected chi connectivity index (χ0v) is 15.7. The second kappa shape index (κ2) is 6.94. The number of carbonyl (C=O) groups excluding carboxylic acids is 1. The zero-order chi connectivity index (χ0) is 19.8. The van der Waals surface area contributed by atoms with Crippen LogP contribution in [0, 0.1) is 0 Å². The Bertz CT molecular complexity index is 1160. The molecule has 0 spiro atoms. The summed E-state index contributed by atoms with van der Waals surface area (Å²) in [6.45, 7) is 1.12. The van der Waals surface area contributed by atoms with Crippen molar-refractivity contribution in [1.82, 2.24) is 25.3 Å². The highest BCUT2D eigenvalue weighted by molar-refractivity contribution is 5.93. The molecule has 29 heavy (non-hydrogen) atoms. The van der Waals surface area contributed by atoms with Crippen molar-refractivity contribution in [2.75, 3.05) is 12.3 Å². The van der Waals surface area contributed by atoms with Crippen molar-refractivity contribution in [2.24, 2.45) is 0 Å². The van der Waals surface area contributed by atoms with Crippen LogP contribution in [0.2, 0.25) is 0 Å². The molecule has 1 aliphatic heterocycles. The lowest BCUT2D eigenvalue weighted by Gasteiger charge is -2.26. The third-order valence-corrected chi connectivity index (χ3v) is 5.31. The van der Waals surface area contributed by atoms with Gasteiger partial charge < -0.3 is 10.6 Å². The van der Waals surface area contributed by atoms with E-state index in [0.717, 1.165) is 34.5 Å². The molecule has 2 aromatic carbocycles. The van der Waals surface area contributed by atoms with Gasteiger partial charge in [0.05, 0.1) is 12.2 Å². The second-order valence-electron chi connectivity index (χ2n) is 7.16. The number of aromatic nitrogens is 4. The molecule has 1 amide bonds. The SMILES string of the molecule is Nc1cc(C(=O)N2CCc3[nH]nc(-c4ccc(-c5ccccc5)cc4)c3C2)[nH]n1. The molecule has 0 unspecified atom stereocenters. The van der Waals surface area contributed by atoms with Crippen LogP contribution in [-0.4, -0.2) is 37.7 Å². The topological polar surface area (TPSA) is 104 Å². The highest BCUT2D eigenvalue weighted by Crippen LogP contribution is 2.30. The molecule has 7 nitrogen and oxygen atoms in total. The Hall–Kier alpha value is -3.87. The number of benzene rings is 2. The van der Waals surface area contributed by atoms with Crippen molar-refractivity contribution in [3.05, 3.63) is 77.6 Å². The third kappa shape index (κ3) is 3.16. The zero-order valence-electron chi connectivity index (χ0n) is 15.7. The van der Waals surface area contributed by atoms with Crippen LogP contribution in [0.5, 0.6) is 0 Å². The Balaban J connectivity index is 1.41. The first-order valence-electron chi connectivity index (χ1n) is 9.51. The number of nitrogen functional groups attached to an aromatic ring is 1. The Morgan fingerprint density at radius 3 is 2.38 bits per heavy atom. The second-order valence-corrected chi connectivity index (χ2v) is 7.16. The fourth-order valence-electron chi connectivity index (χ4n) is 3.78. The quantitative estimate of drug-likeness (QED) is 0.504. The minimum absolute atomic E-state index is 0.105. The number of rotatable bonds is 3. The summed E-state index contributed by atoms with van der Waals surface area (Å²) in [5.41, 5.74) is 12.4. The molecule has 0 fully saturated rings. The largest absolute Gasteiger partial charge is 0.382 e. The lowest BCUT2D eigenvalue weighted by atomic mass is 9.98. The molecule has 0 aliphatic carbocycles. The standard InChI is InChI=1S/C22H20N6O/c23-20-12-19(25-26-20)22(29)28-11-10-18-17(13-28)21(27-24-18)16-8-6-15(7-9-16)14-4-2-1-3-5-14/h1-9,12H,10-11,13H2,(H,24,27)(H3,23,25,26). The van der Waals surface area contributed by atoms with Gasteiger partial charge >= 0.3 is 0 Å². The molecule has 0 saturated carbocycles. The molecule has 1 aliphatic rings. The predicted octanol–water partition coefficient (Wildman–Crippen LogP) is 3.25. The number of fused-ring (bicyclic) bond motifs is 1. The Kier molecular flexibility index (Phi) is 4.13. The molecule has 7 heteroatoms. The minimum Gasteiger partial charge on any atom is -0.382 e. The highest BCUT2D eigenvalue weighted by Gasteiger charge is 2.27. The number of nitrogens with zero attached hydrogens (tertiary/aromatic N) is 3. The number of nitrogens with one attached hydrogen (secondary N) is 2. The summed E-state index contributed by atoms with van der Waals surface area (Å²) in [4.78, 5) is 14.6. The summed E-state index contributed by atoms with van der Waals surface area (Å²) in [6.07, 6.45) is 0.736. The fraction of sp³-hybridized carbons (Fsp3) is 0.136. The Labute approximate surface area is 167 Å². The van der Waals surface area contributed by atoms with Crippen LogP contribution >= 0.6 is 0 Å². The average Bonchev–Trinajstić information content (AvgIpc) is 3.40. The molecule has 0 radical (unpaired) electrons. The van der Waals surface area contributed by atoms with E-state index in [0.29, 0.717) is 24.6 Å². The number of H-pyrrole nitrogens is 2. The Morgan fingerprint density at radius 2 is 1.66 bits per heavy atom. The first-order valence-corrected chi connectivity index (χ1v) is 9.51. The van der Waals surface area contributed by atoms with Crippen LogP contribution < -0.4 is 5.73 Å². The van der Waals surface area contributed by atoms with Gasteiger partial charge in [-0.25, -0.2) is 0 Å². The molecule has 0 atom stereocenters. The minimum atomic E-state index is -0.105. The first kappa shape index (κ1) is 17.2. The van der Waals surface area contributed by atoms with E-state index in [9.17, 15) is 4.79 Å². The number of amides is 1. The van der Waals surface area contributed by atoms with Gasteiger partial charge in [-0.2, -0.15) is 10.2 Å². The van der Waals surface area contributed by atoms with E-state index in [1.807, 2.05) is 18.2 Å². The number of carbonyl (C=O) groups is 1.